The van der Waals surface area contributed by atoms with E-state index in [1.807, 2.05) is 0 Å². The van der Waals surface area contributed by atoms with E-state index < -0.39 is 37.3 Å². The van der Waals surface area contributed by atoms with Crippen LogP contribution in [0.2, 0.25) is 0 Å². The fourth-order valence-corrected chi connectivity index (χ4v) is 1.49. The van der Waals surface area contributed by atoms with Crippen molar-refractivity contribution in [3.05, 3.63) is 0 Å². The van der Waals surface area contributed by atoms with Gasteiger partial charge in [-0.15, -0.1) is 0 Å². The maximum atomic E-state index is 9.58. The van der Waals surface area contributed by atoms with Crippen molar-refractivity contribution in [3.8, 4) is 0 Å². The number of rotatable bonds is 3. The summed E-state index contributed by atoms with van der Waals surface area (Å²) in [5, 5.41) is 38.6. The second-order valence-corrected chi connectivity index (χ2v) is 3.45. The summed E-state index contributed by atoms with van der Waals surface area (Å²) in [6.07, 6.45) is -5.85. The molecule has 0 unspecified atom stereocenters. The minimum Gasteiger partial charge on any atom is -0.394 e. The van der Waals surface area contributed by atoms with E-state index in [1.54, 1.807) is 0 Å². The predicted molar refractivity (Wildman–Crippen MR) is 48.5 cm³/mol. The van der Waals surface area contributed by atoms with Gasteiger partial charge < -0.3 is 25.2 Å². The topological polar surface area (TPSA) is 103 Å². The van der Waals surface area contributed by atoms with Crippen molar-refractivity contribution >= 4 is 0 Å². The smallest absolute Gasteiger partial charge is 0.161 e. The molecule has 0 spiro atoms. The summed E-state index contributed by atoms with van der Waals surface area (Å²) in [5.41, 5.74) is 0. The van der Waals surface area contributed by atoms with Gasteiger partial charge in [-0.2, -0.15) is 5.06 Å². The van der Waals surface area contributed by atoms with Crippen molar-refractivity contribution in [2.45, 2.75) is 30.6 Å². The first-order valence-electron chi connectivity index (χ1n) is 4.60. The Labute approximate surface area is 87.4 Å². The summed E-state index contributed by atoms with van der Waals surface area (Å²) in [7, 11) is 2.88. The van der Waals surface area contributed by atoms with Crippen molar-refractivity contribution in [3.63, 3.8) is 0 Å². The second-order valence-electron chi connectivity index (χ2n) is 3.45. The number of hydrogen-bond acceptors (Lipinski definition) is 7. The van der Waals surface area contributed by atoms with Crippen LogP contribution in [0.4, 0.5) is 0 Å². The monoisotopic (exact) mass is 223 g/mol. The first kappa shape index (κ1) is 12.8. The minimum atomic E-state index is -1.38. The van der Waals surface area contributed by atoms with Crippen LogP contribution in [0.25, 0.3) is 0 Å². The highest BCUT2D eigenvalue weighted by Gasteiger charge is 2.45. The van der Waals surface area contributed by atoms with E-state index in [9.17, 15) is 15.3 Å². The number of nitrogens with zero attached hydrogens (tertiary/aromatic N) is 1. The van der Waals surface area contributed by atoms with Crippen LogP contribution in [0.15, 0.2) is 0 Å². The van der Waals surface area contributed by atoms with Crippen LogP contribution < -0.4 is 0 Å². The zero-order valence-corrected chi connectivity index (χ0v) is 8.65. The van der Waals surface area contributed by atoms with Gasteiger partial charge >= 0.3 is 0 Å². The van der Waals surface area contributed by atoms with E-state index in [0.29, 0.717) is 0 Å². The van der Waals surface area contributed by atoms with Gasteiger partial charge in [-0.3, -0.25) is 4.84 Å². The Bertz CT molecular complexity index is 202. The van der Waals surface area contributed by atoms with Crippen LogP contribution in [0.5, 0.6) is 0 Å². The third kappa shape index (κ3) is 2.45. The molecule has 1 fully saturated rings. The Morgan fingerprint density at radius 2 is 1.80 bits per heavy atom. The molecule has 1 heterocycles. The Kier molecular flexibility index (Phi) is 4.41. The lowest BCUT2D eigenvalue weighted by molar-refractivity contribution is -0.320. The molecule has 90 valence electrons. The van der Waals surface area contributed by atoms with Gasteiger partial charge in [0.1, 0.15) is 24.4 Å². The summed E-state index contributed by atoms with van der Waals surface area (Å²) in [6.45, 7) is -0.445. The van der Waals surface area contributed by atoms with Crippen LogP contribution in [-0.2, 0) is 9.57 Å². The molecule has 0 aliphatic carbocycles. The third-order valence-electron chi connectivity index (χ3n) is 2.51. The molecule has 0 amide bonds. The molecule has 7 nitrogen and oxygen atoms in total. The molecule has 7 heteroatoms. The van der Waals surface area contributed by atoms with E-state index in [0.717, 1.165) is 0 Å². The second kappa shape index (κ2) is 5.17. The van der Waals surface area contributed by atoms with Crippen molar-refractivity contribution < 1.29 is 30.0 Å². The van der Waals surface area contributed by atoms with E-state index in [1.165, 1.54) is 19.2 Å². The average Bonchev–Trinajstić information content (AvgIpc) is 2.25. The van der Waals surface area contributed by atoms with Crippen LogP contribution >= 0.6 is 0 Å². The van der Waals surface area contributed by atoms with E-state index in [4.69, 9.17) is 14.7 Å². The number of hydrogen-bond donors (Lipinski definition) is 4. The first-order valence-corrected chi connectivity index (χ1v) is 4.60. The van der Waals surface area contributed by atoms with Gasteiger partial charge in [0.05, 0.1) is 13.7 Å². The molecule has 0 saturated carbocycles. The summed E-state index contributed by atoms with van der Waals surface area (Å²) in [4.78, 5) is 4.81. The average molecular weight is 223 g/mol. The molecule has 1 saturated heterocycles. The van der Waals surface area contributed by atoms with Gasteiger partial charge in [0.2, 0.25) is 0 Å². The Morgan fingerprint density at radius 1 is 1.20 bits per heavy atom. The Balaban J connectivity index is 2.74. The van der Waals surface area contributed by atoms with Crippen molar-refractivity contribution in [2.75, 3.05) is 20.8 Å². The van der Waals surface area contributed by atoms with Crippen molar-refractivity contribution in [2.24, 2.45) is 0 Å². The summed E-state index contributed by atoms with van der Waals surface area (Å²) in [6, 6.07) is 0. The number of aliphatic hydroxyl groups is 4. The predicted octanol–water partition coefficient (Wildman–Crippen LogP) is -2.72. The fraction of sp³-hybridized carbons (Fsp3) is 1.00. The molecule has 0 aromatic rings. The number of hydroxylamine groups is 2. The molecule has 1 aliphatic rings. The van der Waals surface area contributed by atoms with Gasteiger partial charge in [0.25, 0.3) is 0 Å². The summed E-state index contributed by atoms with van der Waals surface area (Å²) in [5.74, 6) is 0. The molecule has 0 bridgehead atoms. The first-order chi connectivity index (χ1) is 7.02. The van der Waals surface area contributed by atoms with Gasteiger partial charge in [-0.1, -0.05) is 0 Å². The van der Waals surface area contributed by atoms with Crippen LogP contribution in [0, 0.1) is 0 Å². The SMILES string of the molecule is CON(C)[C@@H]1O[C@H](CO)[C@@H](O)[C@H](O)[C@@H]1O. The van der Waals surface area contributed by atoms with Gasteiger partial charge in [-0.05, 0) is 0 Å². The maximum Gasteiger partial charge on any atom is 0.161 e. The molecular weight excluding hydrogens is 206 g/mol. The van der Waals surface area contributed by atoms with Crippen LogP contribution in [-0.4, -0.2) is 76.9 Å². The normalized spacial score (nSPS) is 42.2. The van der Waals surface area contributed by atoms with Crippen molar-refractivity contribution in [1.82, 2.24) is 5.06 Å². The number of aliphatic hydroxyl groups excluding tert-OH is 4. The van der Waals surface area contributed by atoms with Gasteiger partial charge in [0, 0.05) is 7.05 Å². The zero-order chi connectivity index (χ0) is 11.6. The molecule has 15 heavy (non-hydrogen) atoms. The molecule has 0 aromatic carbocycles. The van der Waals surface area contributed by atoms with E-state index in [-0.39, 0.29) is 0 Å². The third-order valence-corrected chi connectivity index (χ3v) is 2.51. The molecule has 4 N–H and O–H groups in total. The van der Waals surface area contributed by atoms with Gasteiger partial charge in [0.15, 0.2) is 6.23 Å². The molecule has 0 aromatic heterocycles. The molecule has 1 aliphatic heterocycles. The van der Waals surface area contributed by atoms with E-state index >= 15 is 0 Å². The highest BCUT2D eigenvalue weighted by Crippen LogP contribution is 2.22. The lowest BCUT2D eigenvalue weighted by Gasteiger charge is -2.42. The lowest BCUT2D eigenvalue weighted by atomic mass is 9.98. The number of likely N-dealkylation sites (N-methyl/N-ethyl adjacent to an activating group) is 1. The number of ether oxygens (including phenoxy) is 1. The lowest BCUT2D eigenvalue weighted by Crippen LogP contribution is -2.62. The Morgan fingerprint density at radius 3 is 2.27 bits per heavy atom. The fourth-order valence-electron chi connectivity index (χ4n) is 1.49. The minimum absolute atomic E-state index is 0.445. The molecular formula is C8H17NO6. The van der Waals surface area contributed by atoms with Crippen molar-refractivity contribution in [1.29, 1.82) is 0 Å². The Hall–Kier alpha value is -0.280. The highest BCUT2D eigenvalue weighted by molar-refractivity contribution is 4.90. The maximum absolute atomic E-state index is 9.58. The highest BCUT2D eigenvalue weighted by atomic mass is 16.7. The standard InChI is InChI=1S/C8H17NO6/c1-9(14-2)8-7(13)6(12)5(11)4(3-10)15-8/h4-8,10-13H,3H2,1-2H3/t4-,5-,6+,7+,8-/m1/s1. The van der Waals surface area contributed by atoms with E-state index in [2.05, 4.69) is 0 Å². The van der Waals surface area contributed by atoms with Crippen LogP contribution in [0.3, 0.4) is 0 Å². The zero-order valence-electron chi connectivity index (χ0n) is 8.65. The molecule has 0 radical (unpaired) electrons. The van der Waals surface area contributed by atoms with Crippen LogP contribution in [0.1, 0.15) is 0 Å². The molecule has 5 atom stereocenters. The molecule has 1 rings (SSSR count). The largest absolute Gasteiger partial charge is 0.394 e. The summed E-state index contributed by atoms with van der Waals surface area (Å²) < 4.78 is 5.17. The summed E-state index contributed by atoms with van der Waals surface area (Å²) >= 11 is 0. The van der Waals surface area contributed by atoms with Gasteiger partial charge in [-0.25, -0.2) is 0 Å². The quantitative estimate of drug-likeness (QED) is 0.385.